The Morgan fingerprint density at radius 1 is 1.11 bits per heavy atom. The minimum atomic E-state index is -0.385. The molecule has 0 radical (unpaired) electrons. The Morgan fingerprint density at radius 3 is 2.47 bits per heavy atom. The maximum Gasteiger partial charge on any atom is 0.337 e. The Bertz CT molecular complexity index is 658. The van der Waals surface area contributed by atoms with Gasteiger partial charge in [-0.2, -0.15) is 4.99 Å². The summed E-state index contributed by atoms with van der Waals surface area (Å²) in [6, 6.07) is 14.2. The number of aliphatic imine (C=N–C) groups is 1. The minimum absolute atomic E-state index is 0.385. The van der Waals surface area contributed by atoms with Gasteiger partial charge < -0.3 is 4.74 Å². The highest BCUT2D eigenvalue weighted by Gasteiger charge is 2.06. The van der Waals surface area contributed by atoms with Crippen LogP contribution < -0.4 is 0 Å². The van der Waals surface area contributed by atoms with E-state index in [2.05, 4.69) is 9.73 Å². The van der Waals surface area contributed by atoms with Gasteiger partial charge in [0.2, 0.25) is 6.08 Å². The Hall–Kier alpha value is -2.71. The molecule has 0 unspecified atom stereocenters. The van der Waals surface area contributed by atoms with E-state index in [1.54, 1.807) is 36.4 Å². The van der Waals surface area contributed by atoms with Gasteiger partial charge in [-0.25, -0.2) is 9.59 Å². The summed E-state index contributed by atoms with van der Waals surface area (Å²) in [4.78, 5) is 25.3. The molecule has 0 bridgehead atoms. The van der Waals surface area contributed by atoms with Gasteiger partial charge in [0.15, 0.2) is 0 Å². The maximum absolute atomic E-state index is 11.5. The second-order valence-corrected chi connectivity index (χ2v) is 3.83. The number of carbonyl (C=O) groups is 1. The second kappa shape index (κ2) is 5.76. The molecule has 0 N–H and O–H groups in total. The van der Waals surface area contributed by atoms with Crippen LogP contribution in [0, 0.1) is 0 Å². The smallest absolute Gasteiger partial charge is 0.337 e. The third-order valence-electron chi connectivity index (χ3n) is 2.64. The molecular weight excluding hydrogens is 242 g/mol. The first-order valence-electron chi connectivity index (χ1n) is 5.61. The van der Waals surface area contributed by atoms with Crippen LogP contribution in [0.5, 0.6) is 0 Å². The summed E-state index contributed by atoms with van der Waals surface area (Å²) in [6.45, 7) is 0. The number of rotatable bonds is 3. The van der Waals surface area contributed by atoms with E-state index in [9.17, 15) is 9.59 Å². The van der Waals surface area contributed by atoms with Crippen molar-refractivity contribution in [3.8, 4) is 11.1 Å². The summed E-state index contributed by atoms with van der Waals surface area (Å²) < 4.78 is 4.68. The lowest BCUT2D eigenvalue weighted by atomic mass is 10.0. The summed E-state index contributed by atoms with van der Waals surface area (Å²) in [5.41, 5.74) is 2.72. The van der Waals surface area contributed by atoms with Crippen LogP contribution >= 0.6 is 0 Å². The fourth-order valence-corrected chi connectivity index (χ4v) is 1.75. The lowest BCUT2D eigenvalue weighted by Crippen LogP contribution is -2.00. The number of ether oxygens (including phenoxy) is 1. The molecule has 2 rings (SSSR count). The summed E-state index contributed by atoms with van der Waals surface area (Å²) in [7, 11) is 1.34. The third-order valence-corrected chi connectivity index (χ3v) is 2.64. The second-order valence-electron chi connectivity index (χ2n) is 3.83. The summed E-state index contributed by atoms with van der Waals surface area (Å²) in [5, 5.41) is 0. The highest BCUT2D eigenvalue weighted by Crippen LogP contribution is 2.24. The molecule has 0 heterocycles. The molecule has 0 amide bonds. The van der Waals surface area contributed by atoms with E-state index in [1.165, 1.54) is 13.2 Å². The quantitative estimate of drug-likeness (QED) is 0.479. The number of carbonyl (C=O) groups excluding carboxylic acids is 2. The maximum atomic E-state index is 11.5. The van der Waals surface area contributed by atoms with Crippen LogP contribution in [0.15, 0.2) is 53.5 Å². The van der Waals surface area contributed by atoms with Crippen molar-refractivity contribution >= 4 is 17.7 Å². The topological polar surface area (TPSA) is 55.7 Å². The SMILES string of the molecule is COC(=O)c1cccc(-c2cccc(N=C=O)c2)c1. The average Bonchev–Trinajstić information content (AvgIpc) is 2.47. The predicted molar refractivity (Wildman–Crippen MR) is 71.0 cm³/mol. The van der Waals surface area contributed by atoms with Crippen molar-refractivity contribution in [3.63, 3.8) is 0 Å². The summed E-state index contributed by atoms with van der Waals surface area (Å²) in [5.74, 6) is -0.385. The number of hydrogen-bond acceptors (Lipinski definition) is 4. The van der Waals surface area contributed by atoms with Gasteiger partial charge in [0.1, 0.15) is 0 Å². The van der Waals surface area contributed by atoms with Gasteiger partial charge in [0, 0.05) is 0 Å². The molecule has 0 aliphatic carbocycles. The Kier molecular flexibility index (Phi) is 3.86. The molecule has 0 saturated heterocycles. The van der Waals surface area contributed by atoms with E-state index in [0.717, 1.165) is 11.1 Å². The van der Waals surface area contributed by atoms with Crippen LogP contribution in [0.2, 0.25) is 0 Å². The van der Waals surface area contributed by atoms with Crippen molar-refractivity contribution in [2.75, 3.05) is 7.11 Å². The van der Waals surface area contributed by atoms with Gasteiger partial charge in [-0.1, -0.05) is 24.3 Å². The van der Waals surface area contributed by atoms with Crippen molar-refractivity contribution in [1.82, 2.24) is 0 Å². The first-order chi connectivity index (χ1) is 9.24. The van der Waals surface area contributed by atoms with Crippen molar-refractivity contribution in [2.45, 2.75) is 0 Å². The molecule has 19 heavy (non-hydrogen) atoms. The number of hydrogen-bond donors (Lipinski definition) is 0. The number of isocyanates is 1. The lowest BCUT2D eigenvalue weighted by molar-refractivity contribution is 0.0601. The largest absolute Gasteiger partial charge is 0.465 e. The van der Waals surface area contributed by atoms with E-state index >= 15 is 0 Å². The number of methoxy groups -OCH3 is 1. The molecule has 4 nitrogen and oxygen atoms in total. The molecule has 0 aromatic heterocycles. The van der Waals surface area contributed by atoms with E-state index < -0.39 is 0 Å². The molecule has 0 aliphatic rings. The van der Waals surface area contributed by atoms with E-state index in [-0.39, 0.29) is 5.97 Å². The summed E-state index contributed by atoms with van der Waals surface area (Å²) >= 11 is 0. The fraction of sp³-hybridized carbons (Fsp3) is 0.0667. The van der Waals surface area contributed by atoms with Crippen LogP contribution in [0.4, 0.5) is 5.69 Å². The number of nitrogens with zero attached hydrogens (tertiary/aromatic N) is 1. The van der Waals surface area contributed by atoms with Crippen molar-refractivity contribution < 1.29 is 14.3 Å². The first kappa shape index (κ1) is 12.7. The Morgan fingerprint density at radius 2 is 1.79 bits per heavy atom. The highest BCUT2D eigenvalue weighted by atomic mass is 16.5. The molecule has 94 valence electrons. The molecule has 0 atom stereocenters. The van der Waals surface area contributed by atoms with E-state index in [1.807, 2.05) is 12.1 Å². The van der Waals surface area contributed by atoms with Crippen LogP contribution in [0.3, 0.4) is 0 Å². The van der Waals surface area contributed by atoms with Gasteiger partial charge in [-0.15, -0.1) is 0 Å². The number of benzene rings is 2. The van der Waals surface area contributed by atoms with Crippen LogP contribution in [0.25, 0.3) is 11.1 Å². The van der Waals surface area contributed by atoms with Crippen molar-refractivity contribution in [1.29, 1.82) is 0 Å². The first-order valence-corrected chi connectivity index (χ1v) is 5.61. The van der Waals surface area contributed by atoms with Crippen LogP contribution in [0.1, 0.15) is 10.4 Å². The highest BCUT2D eigenvalue weighted by molar-refractivity contribution is 5.91. The molecule has 2 aromatic rings. The zero-order chi connectivity index (χ0) is 13.7. The lowest BCUT2D eigenvalue weighted by Gasteiger charge is -2.05. The molecule has 0 aliphatic heterocycles. The zero-order valence-corrected chi connectivity index (χ0v) is 10.3. The van der Waals surface area contributed by atoms with Crippen LogP contribution in [-0.4, -0.2) is 19.2 Å². The average molecular weight is 253 g/mol. The van der Waals surface area contributed by atoms with Gasteiger partial charge in [-0.3, -0.25) is 0 Å². The summed E-state index contributed by atoms with van der Waals surface area (Å²) in [6.07, 6.45) is 1.50. The Labute approximate surface area is 110 Å². The Balaban J connectivity index is 2.44. The molecule has 0 spiro atoms. The standard InChI is InChI=1S/C15H11NO3/c1-19-15(18)13-6-2-4-11(8-13)12-5-3-7-14(9-12)16-10-17/h2-9H,1H3. The predicted octanol–water partition coefficient (Wildman–Crippen LogP) is 3.11. The monoisotopic (exact) mass is 253 g/mol. The van der Waals surface area contributed by atoms with Gasteiger partial charge in [0.05, 0.1) is 18.4 Å². The molecule has 4 heteroatoms. The third kappa shape index (κ3) is 2.94. The molecular formula is C15H11NO3. The van der Waals surface area contributed by atoms with Crippen molar-refractivity contribution in [3.05, 3.63) is 54.1 Å². The molecule has 0 saturated carbocycles. The van der Waals surface area contributed by atoms with E-state index in [4.69, 9.17) is 0 Å². The van der Waals surface area contributed by atoms with E-state index in [0.29, 0.717) is 11.3 Å². The molecule has 0 fully saturated rings. The van der Waals surface area contributed by atoms with Gasteiger partial charge >= 0.3 is 5.97 Å². The van der Waals surface area contributed by atoms with Gasteiger partial charge in [-0.05, 0) is 35.4 Å². The normalized spacial score (nSPS) is 9.53. The van der Waals surface area contributed by atoms with Gasteiger partial charge in [0.25, 0.3) is 0 Å². The number of esters is 1. The van der Waals surface area contributed by atoms with Crippen LogP contribution in [-0.2, 0) is 9.53 Å². The van der Waals surface area contributed by atoms with Crippen molar-refractivity contribution in [2.24, 2.45) is 4.99 Å². The zero-order valence-electron chi connectivity index (χ0n) is 10.3. The fourth-order valence-electron chi connectivity index (χ4n) is 1.75. The molecule has 2 aromatic carbocycles. The minimum Gasteiger partial charge on any atom is -0.465 e.